The number of piperidine rings is 1. The van der Waals surface area contributed by atoms with E-state index in [9.17, 15) is 4.79 Å². The van der Waals surface area contributed by atoms with Gasteiger partial charge in [-0.1, -0.05) is 18.6 Å². The predicted octanol–water partition coefficient (Wildman–Crippen LogP) is 3.68. The Kier molecular flexibility index (Phi) is 8.00. The zero-order chi connectivity index (χ0) is 22.2. The molecule has 1 unspecified atom stereocenters. The Morgan fingerprint density at radius 1 is 0.903 bits per heavy atom. The number of hydrogen-bond donors (Lipinski definition) is 1. The lowest BCUT2D eigenvalue weighted by Gasteiger charge is -2.35. The van der Waals surface area contributed by atoms with Gasteiger partial charge in [0.25, 0.3) is 5.91 Å². The lowest BCUT2D eigenvalue weighted by atomic mass is 10.0. The van der Waals surface area contributed by atoms with Crippen molar-refractivity contribution in [3.8, 4) is 23.0 Å². The molecule has 1 heterocycles. The second-order valence-electron chi connectivity index (χ2n) is 7.51. The van der Waals surface area contributed by atoms with Crippen molar-refractivity contribution < 1.29 is 23.7 Å². The fourth-order valence-corrected chi connectivity index (χ4v) is 4.02. The number of nitrogens with zero attached hydrogens (tertiary/aromatic N) is 1. The number of rotatable bonds is 9. The molecule has 1 aliphatic rings. The van der Waals surface area contributed by atoms with Crippen LogP contribution in [0.4, 0.5) is 0 Å². The first-order valence-corrected chi connectivity index (χ1v) is 10.6. The highest BCUT2D eigenvalue weighted by molar-refractivity contribution is 5.95. The van der Waals surface area contributed by atoms with Crippen LogP contribution in [-0.4, -0.2) is 58.9 Å². The van der Waals surface area contributed by atoms with Crippen LogP contribution in [0.15, 0.2) is 36.4 Å². The average molecular weight is 429 g/mol. The third-order valence-corrected chi connectivity index (χ3v) is 5.71. The molecule has 3 rings (SSSR count). The van der Waals surface area contributed by atoms with Gasteiger partial charge in [-0.2, -0.15) is 0 Å². The highest BCUT2D eigenvalue weighted by Gasteiger charge is 2.24. The summed E-state index contributed by atoms with van der Waals surface area (Å²) in [6, 6.07) is 11.5. The molecule has 0 radical (unpaired) electrons. The number of methoxy groups -OCH3 is 4. The standard InChI is InChI=1S/C24H32N2O5/c1-28-19-10-8-17(9-11-19)20(26-12-6-5-7-13-26)16-25-24(27)18-14-21(29-2)23(31-4)22(15-18)30-3/h8-11,14-15,20H,5-7,12-13,16H2,1-4H3,(H,25,27). The summed E-state index contributed by atoms with van der Waals surface area (Å²) >= 11 is 0. The molecule has 31 heavy (non-hydrogen) atoms. The molecule has 1 atom stereocenters. The normalized spacial score (nSPS) is 15.1. The molecule has 7 nitrogen and oxygen atoms in total. The molecular formula is C24H32N2O5. The first-order valence-electron chi connectivity index (χ1n) is 10.6. The van der Waals surface area contributed by atoms with Crippen molar-refractivity contribution in [2.75, 3.05) is 48.1 Å². The van der Waals surface area contributed by atoms with Crippen LogP contribution in [0.5, 0.6) is 23.0 Å². The van der Waals surface area contributed by atoms with E-state index in [2.05, 4.69) is 22.3 Å². The Balaban J connectivity index is 1.79. The van der Waals surface area contributed by atoms with Gasteiger partial charge in [0.15, 0.2) is 11.5 Å². The third kappa shape index (κ3) is 5.41. The van der Waals surface area contributed by atoms with Gasteiger partial charge in [0.05, 0.1) is 34.5 Å². The van der Waals surface area contributed by atoms with Crippen molar-refractivity contribution in [3.05, 3.63) is 47.5 Å². The number of likely N-dealkylation sites (tertiary alicyclic amines) is 1. The van der Waals surface area contributed by atoms with E-state index in [4.69, 9.17) is 18.9 Å². The van der Waals surface area contributed by atoms with Gasteiger partial charge < -0.3 is 24.3 Å². The van der Waals surface area contributed by atoms with Crippen LogP contribution < -0.4 is 24.3 Å². The Morgan fingerprint density at radius 2 is 1.52 bits per heavy atom. The van der Waals surface area contributed by atoms with Crippen molar-refractivity contribution in [2.24, 2.45) is 0 Å². The summed E-state index contributed by atoms with van der Waals surface area (Å²) in [7, 11) is 6.27. The van der Waals surface area contributed by atoms with Crippen LogP contribution in [0.2, 0.25) is 0 Å². The molecule has 2 aromatic rings. The van der Waals surface area contributed by atoms with Gasteiger partial charge in [-0.25, -0.2) is 0 Å². The minimum absolute atomic E-state index is 0.0946. The Labute approximate surface area is 184 Å². The quantitative estimate of drug-likeness (QED) is 0.657. The van der Waals surface area contributed by atoms with E-state index < -0.39 is 0 Å². The maximum atomic E-state index is 13.0. The molecule has 0 bridgehead atoms. The first kappa shape index (κ1) is 22.7. The molecule has 1 amide bonds. The molecule has 0 aliphatic carbocycles. The number of hydrogen-bond acceptors (Lipinski definition) is 6. The number of amides is 1. The van der Waals surface area contributed by atoms with Gasteiger partial charge in [0, 0.05) is 12.1 Å². The van der Waals surface area contributed by atoms with E-state index >= 15 is 0 Å². The Bertz CT molecular complexity index is 838. The largest absolute Gasteiger partial charge is 0.497 e. The average Bonchev–Trinajstić information content (AvgIpc) is 2.84. The zero-order valence-corrected chi connectivity index (χ0v) is 18.8. The fraction of sp³-hybridized carbons (Fsp3) is 0.458. The summed E-state index contributed by atoms with van der Waals surface area (Å²) in [4.78, 5) is 15.4. The second kappa shape index (κ2) is 10.9. The number of carbonyl (C=O) groups is 1. The lowest BCUT2D eigenvalue weighted by Crippen LogP contribution is -2.40. The number of carbonyl (C=O) groups excluding carboxylic acids is 1. The number of ether oxygens (including phenoxy) is 4. The number of benzene rings is 2. The van der Waals surface area contributed by atoms with Crippen molar-refractivity contribution in [1.82, 2.24) is 10.2 Å². The molecule has 0 saturated carbocycles. The summed E-state index contributed by atoms with van der Waals surface area (Å²) in [6.07, 6.45) is 3.60. The first-order chi connectivity index (χ1) is 15.1. The third-order valence-electron chi connectivity index (χ3n) is 5.71. The van der Waals surface area contributed by atoms with E-state index in [1.807, 2.05) is 12.1 Å². The fourth-order valence-electron chi connectivity index (χ4n) is 4.02. The van der Waals surface area contributed by atoms with Gasteiger partial charge in [0.1, 0.15) is 5.75 Å². The molecule has 1 fully saturated rings. The highest BCUT2D eigenvalue weighted by Crippen LogP contribution is 2.38. The van der Waals surface area contributed by atoms with E-state index in [1.54, 1.807) is 19.2 Å². The van der Waals surface area contributed by atoms with Gasteiger partial charge in [-0.05, 0) is 55.8 Å². The topological polar surface area (TPSA) is 69.3 Å². The Morgan fingerprint density at radius 3 is 2.03 bits per heavy atom. The van der Waals surface area contributed by atoms with Crippen LogP contribution in [0, 0.1) is 0 Å². The van der Waals surface area contributed by atoms with Crippen LogP contribution in [0.25, 0.3) is 0 Å². The lowest BCUT2D eigenvalue weighted by molar-refractivity contribution is 0.0923. The summed E-state index contributed by atoms with van der Waals surface area (Å²) in [5, 5.41) is 3.10. The van der Waals surface area contributed by atoms with Crippen LogP contribution >= 0.6 is 0 Å². The minimum atomic E-state index is -0.185. The highest BCUT2D eigenvalue weighted by atomic mass is 16.5. The molecule has 168 valence electrons. The summed E-state index contributed by atoms with van der Waals surface area (Å²) in [6.45, 7) is 2.55. The van der Waals surface area contributed by atoms with E-state index in [1.165, 1.54) is 40.6 Å². The molecule has 1 saturated heterocycles. The monoisotopic (exact) mass is 428 g/mol. The maximum absolute atomic E-state index is 13.0. The van der Waals surface area contributed by atoms with Gasteiger partial charge in [-0.3, -0.25) is 9.69 Å². The van der Waals surface area contributed by atoms with Gasteiger partial charge in [-0.15, -0.1) is 0 Å². The van der Waals surface area contributed by atoms with Crippen molar-refractivity contribution in [2.45, 2.75) is 25.3 Å². The van der Waals surface area contributed by atoms with Crippen molar-refractivity contribution in [3.63, 3.8) is 0 Å². The van der Waals surface area contributed by atoms with Gasteiger partial charge >= 0.3 is 0 Å². The Hall–Kier alpha value is -2.93. The summed E-state index contributed by atoms with van der Waals surface area (Å²) in [5.41, 5.74) is 1.62. The van der Waals surface area contributed by atoms with E-state index in [0.29, 0.717) is 29.4 Å². The molecular weight excluding hydrogens is 396 g/mol. The summed E-state index contributed by atoms with van der Waals surface area (Å²) in [5.74, 6) is 2.01. The molecule has 0 spiro atoms. The van der Waals surface area contributed by atoms with Crippen molar-refractivity contribution >= 4 is 5.91 Å². The van der Waals surface area contributed by atoms with Crippen LogP contribution in [0.3, 0.4) is 0 Å². The van der Waals surface area contributed by atoms with E-state index in [0.717, 1.165) is 24.4 Å². The molecule has 2 aromatic carbocycles. The predicted molar refractivity (Wildman–Crippen MR) is 120 cm³/mol. The summed E-state index contributed by atoms with van der Waals surface area (Å²) < 4.78 is 21.4. The zero-order valence-electron chi connectivity index (χ0n) is 18.8. The molecule has 7 heteroatoms. The van der Waals surface area contributed by atoms with E-state index in [-0.39, 0.29) is 11.9 Å². The smallest absolute Gasteiger partial charge is 0.251 e. The second-order valence-corrected chi connectivity index (χ2v) is 7.51. The van der Waals surface area contributed by atoms with Crippen LogP contribution in [-0.2, 0) is 0 Å². The minimum Gasteiger partial charge on any atom is -0.497 e. The molecule has 1 N–H and O–H groups in total. The van der Waals surface area contributed by atoms with Crippen molar-refractivity contribution in [1.29, 1.82) is 0 Å². The molecule has 1 aliphatic heterocycles. The number of nitrogens with one attached hydrogen (secondary N) is 1. The molecule has 0 aromatic heterocycles. The van der Waals surface area contributed by atoms with Crippen LogP contribution in [0.1, 0.15) is 41.2 Å². The van der Waals surface area contributed by atoms with Gasteiger partial charge in [0.2, 0.25) is 5.75 Å². The maximum Gasteiger partial charge on any atom is 0.251 e. The SMILES string of the molecule is COc1ccc(C(CNC(=O)c2cc(OC)c(OC)c(OC)c2)N2CCCCC2)cc1.